The molecule has 25 heavy (non-hydrogen) atoms. The van der Waals surface area contributed by atoms with Gasteiger partial charge in [0.1, 0.15) is 6.54 Å². The SMILES string of the molecule is CCOC(=O)Cn1c(=NC(=O)C=Cc2cccs2)sc2ccccc21. The molecular formula is C18H16N2O3S2. The number of nitrogens with zero attached hydrogens (tertiary/aromatic N) is 2. The highest BCUT2D eigenvalue weighted by Gasteiger charge is 2.11. The molecule has 2 heterocycles. The van der Waals surface area contributed by atoms with Crippen LogP contribution in [0.3, 0.4) is 0 Å². The molecule has 1 amide bonds. The standard InChI is InChI=1S/C18H16N2O3S2/c1-2-23-17(22)12-20-14-7-3-4-8-15(14)25-18(20)19-16(21)10-9-13-6-5-11-24-13/h3-11H,2,12H2,1H3. The van der Waals surface area contributed by atoms with Crippen LogP contribution in [0.2, 0.25) is 0 Å². The number of hydrogen-bond donors (Lipinski definition) is 0. The van der Waals surface area contributed by atoms with E-state index in [1.165, 1.54) is 17.4 Å². The van der Waals surface area contributed by atoms with Crippen molar-refractivity contribution < 1.29 is 14.3 Å². The summed E-state index contributed by atoms with van der Waals surface area (Å²) in [7, 11) is 0. The highest BCUT2D eigenvalue weighted by Crippen LogP contribution is 2.17. The van der Waals surface area contributed by atoms with Gasteiger partial charge in [-0.3, -0.25) is 9.59 Å². The van der Waals surface area contributed by atoms with Crippen LogP contribution in [0.5, 0.6) is 0 Å². The maximum absolute atomic E-state index is 12.2. The Morgan fingerprint density at radius 2 is 2.08 bits per heavy atom. The van der Waals surface area contributed by atoms with Crippen LogP contribution in [-0.2, 0) is 20.9 Å². The number of esters is 1. The van der Waals surface area contributed by atoms with Gasteiger partial charge in [0.2, 0.25) is 0 Å². The van der Waals surface area contributed by atoms with Gasteiger partial charge in [0.15, 0.2) is 4.80 Å². The molecule has 0 spiro atoms. The van der Waals surface area contributed by atoms with E-state index in [0.29, 0.717) is 11.4 Å². The van der Waals surface area contributed by atoms with Gasteiger partial charge in [0, 0.05) is 11.0 Å². The number of carbonyl (C=O) groups is 2. The maximum atomic E-state index is 12.2. The summed E-state index contributed by atoms with van der Waals surface area (Å²) in [5.74, 6) is -0.716. The average molecular weight is 372 g/mol. The van der Waals surface area contributed by atoms with E-state index >= 15 is 0 Å². The number of thiazole rings is 1. The molecule has 3 rings (SSSR count). The molecule has 0 unspecified atom stereocenters. The van der Waals surface area contributed by atoms with Crippen molar-refractivity contribution in [2.45, 2.75) is 13.5 Å². The number of aromatic nitrogens is 1. The fraction of sp³-hybridized carbons (Fsp3) is 0.167. The molecule has 0 saturated carbocycles. The van der Waals surface area contributed by atoms with Crippen LogP contribution in [0.25, 0.3) is 16.3 Å². The molecule has 0 N–H and O–H groups in total. The third kappa shape index (κ3) is 4.32. The predicted octanol–water partition coefficient (Wildman–Crippen LogP) is 3.47. The molecule has 0 aliphatic carbocycles. The molecule has 1 aromatic carbocycles. The lowest BCUT2D eigenvalue weighted by Gasteiger charge is -2.04. The molecule has 0 atom stereocenters. The molecule has 0 aliphatic heterocycles. The Hall–Kier alpha value is -2.51. The van der Waals surface area contributed by atoms with E-state index < -0.39 is 0 Å². The first-order valence-electron chi connectivity index (χ1n) is 7.71. The zero-order valence-corrected chi connectivity index (χ0v) is 15.2. The fourth-order valence-electron chi connectivity index (χ4n) is 2.27. The first-order valence-corrected chi connectivity index (χ1v) is 9.41. The molecule has 5 nitrogen and oxygen atoms in total. The molecule has 0 saturated heterocycles. The molecule has 0 radical (unpaired) electrons. The van der Waals surface area contributed by atoms with Gasteiger partial charge in [0.25, 0.3) is 5.91 Å². The lowest BCUT2D eigenvalue weighted by Crippen LogP contribution is -2.22. The van der Waals surface area contributed by atoms with E-state index in [1.54, 1.807) is 28.9 Å². The van der Waals surface area contributed by atoms with Gasteiger partial charge in [0.05, 0.1) is 16.8 Å². The molecular weight excluding hydrogens is 356 g/mol. The lowest BCUT2D eigenvalue weighted by atomic mass is 10.3. The first kappa shape index (κ1) is 17.3. The second-order valence-electron chi connectivity index (χ2n) is 5.04. The monoisotopic (exact) mass is 372 g/mol. The number of hydrogen-bond acceptors (Lipinski definition) is 5. The Morgan fingerprint density at radius 1 is 1.24 bits per heavy atom. The quantitative estimate of drug-likeness (QED) is 0.509. The highest BCUT2D eigenvalue weighted by molar-refractivity contribution is 7.16. The predicted molar refractivity (Wildman–Crippen MR) is 100 cm³/mol. The summed E-state index contributed by atoms with van der Waals surface area (Å²) in [4.78, 5) is 29.7. The van der Waals surface area contributed by atoms with E-state index in [2.05, 4.69) is 4.99 Å². The van der Waals surface area contributed by atoms with Gasteiger partial charge in [-0.05, 0) is 36.6 Å². The molecule has 7 heteroatoms. The zero-order chi connectivity index (χ0) is 17.6. The number of carbonyl (C=O) groups excluding carboxylic acids is 2. The van der Waals surface area contributed by atoms with Gasteiger partial charge >= 0.3 is 5.97 Å². The van der Waals surface area contributed by atoms with Gasteiger partial charge < -0.3 is 9.30 Å². The van der Waals surface area contributed by atoms with E-state index in [0.717, 1.165) is 15.1 Å². The number of fused-ring (bicyclic) bond motifs is 1. The van der Waals surface area contributed by atoms with Gasteiger partial charge in [-0.15, -0.1) is 11.3 Å². The Balaban J connectivity index is 1.96. The van der Waals surface area contributed by atoms with Crippen molar-refractivity contribution >= 4 is 50.8 Å². The minimum absolute atomic E-state index is 0.0264. The molecule has 0 fully saturated rings. The third-order valence-corrected chi connectivity index (χ3v) is 5.22. The zero-order valence-electron chi connectivity index (χ0n) is 13.5. The van der Waals surface area contributed by atoms with Crippen molar-refractivity contribution in [3.63, 3.8) is 0 Å². The third-order valence-electron chi connectivity index (χ3n) is 3.32. The van der Waals surface area contributed by atoms with Crippen LogP contribution < -0.4 is 4.80 Å². The largest absolute Gasteiger partial charge is 0.465 e. The Kier molecular flexibility index (Phi) is 5.57. The number of rotatable bonds is 5. The summed E-state index contributed by atoms with van der Waals surface area (Å²) in [6.07, 6.45) is 3.17. The Bertz CT molecular complexity index is 981. The summed E-state index contributed by atoms with van der Waals surface area (Å²) < 4.78 is 7.70. The fourth-order valence-corrected chi connectivity index (χ4v) is 3.92. The molecule has 0 aliphatic rings. The average Bonchev–Trinajstić information content (AvgIpc) is 3.22. The van der Waals surface area contributed by atoms with Gasteiger partial charge in [-0.1, -0.05) is 29.5 Å². The minimum Gasteiger partial charge on any atom is -0.465 e. The van der Waals surface area contributed by atoms with Crippen LogP contribution in [0.15, 0.2) is 52.8 Å². The minimum atomic E-state index is -0.363. The van der Waals surface area contributed by atoms with Crippen LogP contribution in [-0.4, -0.2) is 23.1 Å². The van der Waals surface area contributed by atoms with Crippen LogP contribution in [0.4, 0.5) is 0 Å². The number of ether oxygens (including phenoxy) is 1. The first-order chi connectivity index (χ1) is 12.2. The van der Waals surface area contributed by atoms with Gasteiger partial charge in [-0.2, -0.15) is 4.99 Å². The summed E-state index contributed by atoms with van der Waals surface area (Å²) in [6, 6.07) is 11.5. The summed E-state index contributed by atoms with van der Waals surface area (Å²) in [6.45, 7) is 2.10. The topological polar surface area (TPSA) is 60.7 Å². The van der Waals surface area contributed by atoms with E-state index in [9.17, 15) is 9.59 Å². The van der Waals surface area contributed by atoms with Crippen molar-refractivity contribution in [2.24, 2.45) is 4.99 Å². The molecule has 0 bridgehead atoms. The smallest absolute Gasteiger partial charge is 0.326 e. The van der Waals surface area contributed by atoms with Crippen LogP contribution in [0.1, 0.15) is 11.8 Å². The summed E-state index contributed by atoms with van der Waals surface area (Å²) >= 11 is 2.92. The number of amides is 1. The second-order valence-corrected chi connectivity index (χ2v) is 7.03. The summed E-state index contributed by atoms with van der Waals surface area (Å²) in [5, 5.41) is 1.95. The van der Waals surface area contributed by atoms with Crippen LogP contribution >= 0.6 is 22.7 Å². The molecule has 128 valence electrons. The number of benzene rings is 1. The van der Waals surface area contributed by atoms with Crippen molar-refractivity contribution in [1.82, 2.24) is 4.57 Å². The lowest BCUT2D eigenvalue weighted by molar-refractivity contribution is -0.143. The normalized spacial score (nSPS) is 12.1. The van der Waals surface area contributed by atoms with Crippen molar-refractivity contribution in [3.05, 3.63) is 57.5 Å². The van der Waals surface area contributed by atoms with E-state index in [1.807, 2.05) is 41.8 Å². The van der Waals surface area contributed by atoms with E-state index in [-0.39, 0.29) is 18.4 Å². The maximum Gasteiger partial charge on any atom is 0.326 e. The van der Waals surface area contributed by atoms with Crippen LogP contribution in [0, 0.1) is 0 Å². The summed E-state index contributed by atoms with van der Waals surface area (Å²) in [5.41, 5.74) is 0.856. The van der Waals surface area contributed by atoms with Crippen molar-refractivity contribution in [2.75, 3.05) is 6.61 Å². The van der Waals surface area contributed by atoms with Gasteiger partial charge in [-0.25, -0.2) is 0 Å². The second kappa shape index (κ2) is 8.04. The van der Waals surface area contributed by atoms with Crippen molar-refractivity contribution in [3.8, 4) is 0 Å². The number of thiophene rings is 1. The highest BCUT2D eigenvalue weighted by atomic mass is 32.1. The van der Waals surface area contributed by atoms with E-state index in [4.69, 9.17) is 4.74 Å². The van der Waals surface area contributed by atoms with Crippen molar-refractivity contribution in [1.29, 1.82) is 0 Å². The molecule has 3 aromatic rings. The molecule has 2 aromatic heterocycles. The Morgan fingerprint density at radius 3 is 2.84 bits per heavy atom. The number of para-hydroxylation sites is 1. The Labute approximate surface area is 152 Å².